The Kier molecular flexibility index (Phi) is 1.95. The molecule has 0 unspecified atom stereocenters. The van der Waals surface area contributed by atoms with E-state index in [-0.39, 0.29) is 0 Å². The third kappa shape index (κ3) is 1.25. The third-order valence-electron chi connectivity index (χ3n) is 1.43. The van der Waals surface area contributed by atoms with Crippen LogP contribution in [0, 0.1) is 7.11 Å². The van der Waals surface area contributed by atoms with Crippen LogP contribution in [0.25, 0.3) is 0 Å². The minimum absolute atomic E-state index is 1.07. The predicted octanol–water partition coefficient (Wildman–Crippen LogP) is 2.25. The van der Waals surface area contributed by atoms with Crippen LogP contribution in [0.3, 0.4) is 0 Å². The van der Waals surface area contributed by atoms with Gasteiger partial charge in [-0.1, -0.05) is 0 Å². The average Bonchev–Trinajstić information content (AvgIpc) is 1.90. The normalized spacial score (nSPS) is 19.9. The van der Waals surface area contributed by atoms with E-state index in [1.165, 1.54) is 19.3 Å². The molecule has 1 aliphatic carbocycles. The molecule has 1 aliphatic rings. The average molecular weight is 111 g/mol. The molecule has 0 fully saturated rings. The van der Waals surface area contributed by atoms with Gasteiger partial charge < -0.3 is 4.74 Å². The lowest BCUT2D eigenvalue weighted by Crippen LogP contribution is -1.91. The van der Waals surface area contributed by atoms with Gasteiger partial charge in [-0.2, -0.15) is 0 Å². The van der Waals surface area contributed by atoms with Crippen molar-refractivity contribution in [2.24, 2.45) is 0 Å². The third-order valence-corrected chi connectivity index (χ3v) is 1.43. The second kappa shape index (κ2) is 2.75. The molecule has 0 N–H and O–H groups in total. The van der Waals surface area contributed by atoms with E-state index in [1.54, 1.807) is 0 Å². The van der Waals surface area contributed by atoms with Gasteiger partial charge in [-0.15, -0.1) is 0 Å². The summed E-state index contributed by atoms with van der Waals surface area (Å²) in [5.41, 5.74) is 0. The summed E-state index contributed by atoms with van der Waals surface area (Å²) in [6.45, 7) is 0. The molecule has 45 valence electrons. The Bertz CT molecular complexity index is 94.6. The quantitative estimate of drug-likeness (QED) is 0.504. The van der Waals surface area contributed by atoms with Gasteiger partial charge in [0.2, 0.25) is 0 Å². The summed E-state index contributed by atoms with van der Waals surface area (Å²) in [4.78, 5) is 0. The lowest BCUT2D eigenvalue weighted by Gasteiger charge is -2.09. The molecule has 0 saturated heterocycles. The SMILES string of the molecule is [CH2]OC1=CCCCC1. The fourth-order valence-corrected chi connectivity index (χ4v) is 0.940. The van der Waals surface area contributed by atoms with E-state index in [1.807, 2.05) is 0 Å². The summed E-state index contributed by atoms with van der Waals surface area (Å²) in [6, 6.07) is 0. The first-order valence-corrected chi connectivity index (χ1v) is 3.04. The molecule has 0 aromatic rings. The molecular weight excluding hydrogens is 100 g/mol. The highest BCUT2D eigenvalue weighted by atomic mass is 16.5. The van der Waals surface area contributed by atoms with E-state index < -0.39 is 0 Å². The van der Waals surface area contributed by atoms with Crippen LogP contribution in [0.4, 0.5) is 0 Å². The maximum atomic E-state index is 4.80. The summed E-state index contributed by atoms with van der Waals surface area (Å²) in [6.07, 6.45) is 6.96. The Labute approximate surface area is 50.3 Å². The van der Waals surface area contributed by atoms with Crippen molar-refractivity contribution in [2.75, 3.05) is 0 Å². The number of rotatable bonds is 1. The van der Waals surface area contributed by atoms with E-state index in [0.29, 0.717) is 0 Å². The molecule has 0 bridgehead atoms. The molecule has 0 atom stereocenters. The Morgan fingerprint density at radius 3 is 2.75 bits per heavy atom. The van der Waals surface area contributed by atoms with Crippen LogP contribution in [-0.2, 0) is 4.74 Å². The van der Waals surface area contributed by atoms with Gasteiger partial charge in [-0.25, -0.2) is 0 Å². The Hall–Kier alpha value is -0.460. The first kappa shape index (κ1) is 5.67. The second-order valence-corrected chi connectivity index (χ2v) is 2.06. The van der Waals surface area contributed by atoms with Crippen LogP contribution < -0.4 is 0 Å². The highest BCUT2D eigenvalue weighted by Gasteiger charge is 2.00. The van der Waals surface area contributed by atoms with Crippen molar-refractivity contribution in [3.05, 3.63) is 18.9 Å². The van der Waals surface area contributed by atoms with Crippen LogP contribution in [-0.4, -0.2) is 0 Å². The monoisotopic (exact) mass is 111 g/mol. The van der Waals surface area contributed by atoms with Crippen molar-refractivity contribution in [3.8, 4) is 0 Å². The first-order chi connectivity index (χ1) is 3.93. The standard InChI is InChI=1S/C7H11O/c1-8-7-5-3-2-4-6-7/h5H,1-4,6H2. The molecular formula is C7H11O. The largest absolute Gasteiger partial charge is 0.495 e. The molecule has 0 spiro atoms. The van der Waals surface area contributed by atoms with Crippen LogP contribution >= 0.6 is 0 Å². The molecule has 0 aromatic carbocycles. The topological polar surface area (TPSA) is 9.23 Å². The molecule has 1 radical (unpaired) electrons. The molecule has 0 aliphatic heterocycles. The summed E-state index contributed by atoms with van der Waals surface area (Å²) in [5.74, 6) is 1.07. The highest BCUT2D eigenvalue weighted by Crippen LogP contribution is 2.17. The van der Waals surface area contributed by atoms with E-state index in [0.717, 1.165) is 12.2 Å². The van der Waals surface area contributed by atoms with Gasteiger partial charge in [-0.3, -0.25) is 0 Å². The maximum absolute atomic E-state index is 4.80. The molecule has 0 amide bonds. The zero-order chi connectivity index (χ0) is 5.82. The van der Waals surface area contributed by atoms with Crippen LogP contribution in [0.2, 0.25) is 0 Å². The van der Waals surface area contributed by atoms with Gasteiger partial charge in [0.25, 0.3) is 0 Å². The summed E-state index contributed by atoms with van der Waals surface area (Å²) in [5, 5.41) is 0. The lowest BCUT2D eigenvalue weighted by molar-refractivity contribution is 0.312. The molecule has 1 rings (SSSR count). The summed E-state index contributed by atoms with van der Waals surface area (Å²) >= 11 is 0. The number of hydrogen-bond acceptors (Lipinski definition) is 1. The molecule has 1 nitrogen and oxygen atoms in total. The number of ether oxygens (including phenoxy) is 1. The predicted molar refractivity (Wildman–Crippen MR) is 33.0 cm³/mol. The van der Waals surface area contributed by atoms with Crippen molar-refractivity contribution in [2.45, 2.75) is 25.7 Å². The zero-order valence-corrected chi connectivity index (χ0v) is 5.02. The molecule has 8 heavy (non-hydrogen) atoms. The Morgan fingerprint density at radius 2 is 2.38 bits per heavy atom. The van der Waals surface area contributed by atoms with E-state index in [9.17, 15) is 0 Å². The van der Waals surface area contributed by atoms with Crippen LogP contribution in [0.1, 0.15) is 25.7 Å². The van der Waals surface area contributed by atoms with Gasteiger partial charge in [-0.05, 0) is 25.3 Å². The second-order valence-electron chi connectivity index (χ2n) is 2.06. The van der Waals surface area contributed by atoms with Gasteiger partial charge in [0.15, 0.2) is 0 Å². The molecule has 0 heterocycles. The van der Waals surface area contributed by atoms with E-state index in [2.05, 4.69) is 13.2 Å². The summed E-state index contributed by atoms with van der Waals surface area (Å²) < 4.78 is 4.80. The Morgan fingerprint density at radius 1 is 1.50 bits per heavy atom. The maximum Gasteiger partial charge on any atom is 0.122 e. The van der Waals surface area contributed by atoms with E-state index >= 15 is 0 Å². The van der Waals surface area contributed by atoms with E-state index in [4.69, 9.17) is 4.74 Å². The molecule has 0 saturated carbocycles. The first-order valence-electron chi connectivity index (χ1n) is 3.04. The van der Waals surface area contributed by atoms with Crippen molar-refractivity contribution < 1.29 is 4.74 Å². The minimum Gasteiger partial charge on any atom is -0.495 e. The van der Waals surface area contributed by atoms with Crippen LogP contribution in [0.5, 0.6) is 0 Å². The number of allylic oxidation sites excluding steroid dienone is 2. The van der Waals surface area contributed by atoms with Gasteiger partial charge in [0.1, 0.15) is 7.11 Å². The smallest absolute Gasteiger partial charge is 0.122 e. The fraction of sp³-hybridized carbons (Fsp3) is 0.571. The number of hydrogen-bond donors (Lipinski definition) is 0. The van der Waals surface area contributed by atoms with Crippen molar-refractivity contribution >= 4 is 0 Å². The van der Waals surface area contributed by atoms with Crippen molar-refractivity contribution in [1.29, 1.82) is 0 Å². The van der Waals surface area contributed by atoms with Gasteiger partial charge in [0, 0.05) is 6.42 Å². The minimum atomic E-state index is 1.07. The zero-order valence-electron chi connectivity index (χ0n) is 5.02. The summed E-state index contributed by atoms with van der Waals surface area (Å²) in [7, 11) is 3.34. The lowest BCUT2D eigenvalue weighted by atomic mass is 10.1. The van der Waals surface area contributed by atoms with Crippen molar-refractivity contribution in [1.82, 2.24) is 0 Å². The fourth-order valence-electron chi connectivity index (χ4n) is 0.940. The van der Waals surface area contributed by atoms with Gasteiger partial charge >= 0.3 is 0 Å². The Balaban J connectivity index is 2.37. The van der Waals surface area contributed by atoms with Gasteiger partial charge in [0.05, 0.1) is 5.76 Å². The highest BCUT2D eigenvalue weighted by molar-refractivity contribution is 4.96. The molecule has 1 heteroatoms. The molecule has 0 aromatic heterocycles. The van der Waals surface area contributed by atoms with Crippen LogP contribution in [0.15, 0.2) is 11.8 Å². The van der Waals surface area contributed by atoms with Crippen molar-refractivity contribution in [3.63, 3.8) is 0 Å².